The van der Waals surface area contributed by atoms with Crippen molar-refractivity contribution in [1.29, 1.82) is 0 Å². The topological polar surface area (TPSA) is 88.8 Å². The minimum atomic E-state index is 0.132. The van der Waals surface area contributed by atoms with E-state index in [1.165, 1.54) is 6.42 Å². The van der Waals surface area contributed by atoms with Crippen molar-refractivity contribution < 1.29 is 14.6 Å². The molecule has 0 radical (unpaired) electrons. The molecule has 5 heterocycles. The molecule has 0 saturated carbocycles. The Kier molecular flexibility index (Phi) is 6.41. The summed E-state index contributed by atoms with van der Waals surface area (Å²) >= 11 is 0. The van der Waals surface area contributed by atoms with Crippen molar-refractivity contribution in [3.05, 3.63) is 48.9 Å². The fraction of sp³-hybridized carbons (Fsp3) is 0.346. The minimum absolute atomic E-state index is 0.132. The second-order valence-corrected chi connectivity index (χ2v) is 8.59. The highest BCUT2D eigenvalue weighted by atomic mass is 16.5. The third-order valence-corrected chi connectivity index (χ3v) is 6.42. The largest absolute Gasteiger partial charge is 0.494 e. The van der Waals surface area contributed by atoms with Gasteiger partial charge in [-0.1, -0.05) is 6.92 Å². The summed E-state index contributed by atoms with van der Waals surface area (Å²) in [6.45, 7) is 7.44. The van der Waals surface area contributed by atoms with E-state index < -0.39 is 0 Å². The Hall–Kier alpha value is -3.85. The number of pyridine rings is 3. The number of hydrogen-bond acceptors (Lipinski definition) is 8. The number of nitrogens with zero attached hydrogens (tertiary/aromatic N) is 6. The van der Waals surface area contributed by atoms with E-state index in [0.29, 0.717) is 22.5 Å². The van der Waals surface area contributed by atoms with E-state index in [0.717, 1.165) is 55.5 Å². The SMILES string of the molecule is CCCN1CCN(c2ccc(-n3cc4nc(-c5cnc(OC)c(OC)c5)ccc4c3O)cn2)CC1. The van der Waals surface area contributed by atoms with Crippen molar-refractivity contribution in [2.45, 2.75) is 13.3 Å². The van der Waals surface area contributed by atoms with Gasteiger partial charge in [-0.25, -0.2) is 15.0 Å². The summed E-state index contributed by atoms with van der Waals surface area (Å²) in [6, 6.07) is 9.55. The molecule has 0 atom stereocenters. The highest BCUT2D eigenvalue weighted by Gasteiger charge is 2.18. The van der Waals surface area contributed by atoms with Gasteiger partial charge in [-0.2, -0.15) is 0 Å². The Balaban J connectivity index is 1.39. The number of anilines is 1. The third kappa shape index (κ3) is 4.46. The molecule has 4 aromatic rings. The van der Waals surface area contributed by atoms with E-state index in [4.69, 9.17) is 14.5 Å². The molecule has 0 amide bonds. The molecule has 1 fully saturated rings. The molecule has 1 N–H and O–H groups in total. The van der Waals surface area contributed by atoms with Crippen LogP contribution in [0.4, 0.5) is 5.82 Å². The molecule has 9 nitrogen and oxygen atoms in total. The van der Waals surface area contributed by atoms with E-state index in [2.05, 4.69) is 26.7 Å². The first-order valence-electron chi connectivity index (χ1n) is 11.8. The molecule has 0 aromatic carbocycles. The minimum Gasteiger partial charge on any atom is -0.494 e. The average Bonchev–Trinajstić information content (AvgIpc) is 3.24. The summed E-state index contributed by atoms with van der Waals surface area (Å²) < 4.78 is 12.3. The van der Waals surface area contributed by atoms with Crippen molar-refractivity contribution in [2.24, 2.45) is 0 Å². The molecule has 9 heteroatoms. The Morgan fingerprint density at radius 2 is 1.80 bits per heavy atom. The molecule has 182 valence electrons. The number of piperazine rings is 1. The van der Waals surface area contributed by atoms with E-state index >= 15 is 0 Å². The first-order valence-corrected chi connectivity index (χ1v) is 11.8. The summed E-state index contributed by atoms with van der Waals surface area (Å²) in [5.41, 5.74) is 2.97. The summed E-state index contributed by atoms with van der Waals surface area (Å²) in [7, 11) is 3.12. The second kappa shape index (κ2) is 9.79. The zero-order valence-corrected chi connectivity index (χ0v) is 20.3. The number of aromatic nitrogens is 4. The number of aromatic hydroxyl groups is 1. The molecular weight excluding hydrogens is 444 g/mol. The smallest absolute Gasteiger partial charge is 0.256 e. The van der Waals surface area contributed by atoms with E-state index in [1.807, 2.05) is 36.5 Å². The van der Waals surface area contributed by atoms with Gasteiger partial charge in [-0.15, -0.1) is 0 Å². The predicted molar refractivity (Wildman–Crippen MR) is 136 cm³/mol. The van der Waals surface area contributed by atoms with E-state index in [9.17, 15) is 5.11 Å². The normalized spacial score (nSPS) is 14.4. The summed E-state index contributed by atoms with van der Waals surface area (Å²) in [4.78, 5) is 18.5. The molecule has 1 aliphatic rings. The fourth-order valence-electron chi connectivity index (χ4n) is 4.53. The van der Waals surface area contributed by atoms with Gasteiger partial charge in [0.15, 0.2) is 5.75 Å². The number of methoxy groups -OCH3 is 2. The number of ether oxygens (including phenoxy) is 2. The van der Waals surface area contributed by atoms with E-state index in [-0.39, 0.29) is 5.88 Å². The molecule has 0 aliphatic carbocycles. The molecule has 4 aromatic heterocycles. The number of rotatable bonds is 7. The van der Waals surface area contributed by atoms with Crippen LogP contribution in [0.2, 0.25) is 0 Å². The van der Waals surface area contributed by atoms with Crippen molar-refractivity contribution in [3.63, 3.8) is 0 Å². The molecule has 1 saturated heterocycles. The van der Waals surface area contributed by atoms with Gasteiger partial charge in [0.05, 0.1) is 42.7 Å². The molecule has 35 heavy (non-hydrogen) atoms. The highest BCUT2D eigenvalue weighted by molar-refractivity contribution is 5.87. The number of hydrogen-bond donors (Lipinski definition) is 1. The second-order valence-electron chi connectivity index (χ2n) is 8.59. The van der Waals surface area contributed by atoms with Gasteiger partial charge < -0.3 is 19.5 Å². The molecule has 0 unspecified atom stereocenters. The zero-order valence-electron chi connectivity index (χ0n) is 20.3. The standard InChI is InChI=1S/C26H30N6O3/c1-4-9-30-10-12-31(13-11-30)24-8-5-19(16-27-24)32-17-22-20(26(32)33)6-7-21(29-22)18-14-23(34-2)25(35-3)28-15-18/h5-8,14-17,33H,4,9-13H2,1-3H3. The molecular formula is C26H30N6O3. The van der Waals surface area contributed by atoms with Crippen molar-refractivity contribution in [2.75, 3.05) is 51.8 Å². The van der Waals surface area contributed by atoms with Crippen LogP contribution in [0.5, 0.6) is 17.5 Å². The molecule has 0 spiro atoms. The maximum absolute atomic E-state index is 10.9. The predicted octanol–water partition coefficient (Wildman–Crippen LogP) is 3.74. The van der Waals surface area contributed by atoms with Crippen LogP contribution in [-0.4, -0.2) is 76.5 Å². The van der Waals surface area contributed by atoms with E-state index in [1.54, 1.807) is 31.2 Å². The van der Waals surface area contributed by atoms with Crippen LogP contribution in [0.15, 0.2) is 48.9 Å². The van der Waals surface area contributed by atoms with Crippen molar-refractivity contribution in [3.8, 4) is 34.5 Å². The lowest BCUT2D eigenvalue weighted by Crippen LogP contribution is -2.46. The monoisotopic (exact) mass is 474 g/mol. The van der Waals surface area contributed by atoms with Crippen LogP contribution in [-0.2, 0) is 0 Å². The molecule has 1 aliphatic heterocycles. The van der Waals surface area contributed by atoms with Gasteiger partial charge in [0.25, 0.3) is 5.88 Å². The average molecular weight is 475 g/mol. The lowest BCUT2D eigenvalue weighted by Gasteiger charge is -2.35. The van der Waals surface area contributed by atoms with Crippen LogP contribution in [0.25, 0.3) is 27.8 Å². The summed E-state index contributed by atoms with van der Waals surface area (Å²) in [6.07, 6.45) is 6.49. The zero-order chi connectivity index (χ0) is 24.4. The molecule has 5 rings (SSSR count). The maximum atomic E-state index is 10.9. The van der Waals surface area contributed by atoms with Crippen LogP contribution in [0.3, 0.4) is 0 Å². The summed E-state index contributed by atoms with van der Waals surface area (Å²) in [5.74, 6) is 2.04. The van der Waals surface area contributed by atoms with Gasteiger partial charge in [-0.3, -0.25) is 9.47 Å². The van der Waals surface area contributed by atoms with Gasteiger partial charge >= 0.3 is 0 Å². The van der Waals surface area contributed by atoms with Gasteiger partial charge in [0.1, 0.15) is 5.82 Å². The third-order valence-electron chi connectivity index (χ3n) is 6.42. The summed E-state index contributed by atoms with van der Waals surface area (Å²) in [5, 5.41) is 11.5. The maximum Gasteiger partial charge on any atom is 0.256 e. The Morgan fingerprint density at radius 1 is 0.971 bits per heavy atom. The first-order chi connectivity index (χ1) is 17.1. The van der Waals surface area contributed by atoms with Gasteiger partial charge in [0.2, 0.25) is 5.88 Å². The first kappa shape index (κ1) is 22.9. The Bertz CT molecular complexity index is 1310. The van der Waals surface area contributed by atoms with Crippen LogP contribution in [0, 0.1) is 0 Å². The van der Waals surface area contributed by atoms with Crippen LogP contribution >= 0.6 is 0 Å². The Morgan fingerprint density at radius 3 is 2.49 bits per heavy atom. The van der Waals surface area contributed by atoms with Crippen molar-refractivity contribution in [1.82, 2.24) is 24.4 Å². The quantitative estimate of drug-likeness (QED) is 0.433. The fourth-order valence-corrected chi connectivity index (χ4v) is 4.53. The Labute approximate surface area is 204 Å². The van der Waals surface area contributed by atoms with Gasteiger partial charge in [-0.05, 0) is 43.3 Å². The van der Waals surface area contributed by atoms with Crippen LogP contribution in [0.1, 0.15) is 13.3 Å². The lowest BCUT2D eigenvalue weighted by molar-refractivity contribution is 0.258. The van der Waals surface area contributed by atoms with Crippen LogP contribution < -0.4 is 14.4 Å². The molecule has 0 bridgehead atoms. The number of fused-ring (bicyclic) bond motifs is 1. The highest BCUT2D eigenvalue weighted by Crippen LogP contribution is 2.33. The van der Waals surface area contributed by atoms with Crippen molar-refractivity contribution >= 4 is 16.7 Å². The lowest BCUT2D eigenvalue weighted by atomic mass is 10.1. The van der Waals surface area contributed by atoms with Gasteiger partial charge in [0, 0.05) is 44.1 Å².